The van der Waals surface area contributed by atoms with Crippen LogP contribution in [0.2, 0.25) is 0 Å². The van der Waals surface area contributed by atoms with E-state index in [1.165, 1.54) is 5.56 Å². The van der Waals surface area contributed by atoms with Crippen molar-refractivity contribution in [1.82, 2.24) is 10.6 Å². The zero-order valence-electron chi connectivity index (χ0n) is 20.6. The number of carbonyl (C=O) groups excluding carboxylic acids is 2. The Labute approximate surface area is 201 Å². The molecule has 0 aliphatic carbocycles. The van der Waals surface area contributed by atoms with Crippen molar-refractivity contribution in [2.24, 2.45) is 0 Å². The number of unbranched alkanes of at least 4 members (excludes halogenated alkanes) is 1. The predicted molar refractivity (Wildman–Crippen MR) is 131 cm³/mol. The van der Waals surface area contributed by atoms with E-state index < -0.39 is 12.0 Å². The highest BCUT2D eigenvalue weighted by atomic mass is 16.5. The van der Waals surface area contributed by atoms with Gasteiger partial charge in [0.2, 0.25) is 0 Å². The summed E-state index contributed by atoms with van der Waals surface area (Å²) in [5.74, 6) is 0.648. The molecule has 3 rings (SSSR count). The van der Waals surface area contributed by atoms with E-state index in [4.69, 9.17) is 14.2 Å². The van der Waals surface area contributed by atoms with E-state index in [1.807, 2.05) is 37.3 Å². The van der Waals surface area contributed by atoms with Crippen LogP contribution in [0, 0.1) is 6.92 Å². The molecule has 0 saturated heterocycles. The summed E-state index contributed by atoms with van der Waals surface area (Å²) in [5, 5.41) is 5.68. The van der Waals surface area contributed by atoms with Crippen LogP contribution in [0.25, 0.3) is 0 Å². The number of methoxy groups -OCH3 is 1. The molecule has 2 aromatic carbocycles. The second kappa shape index (κ2) is 11.6. The van der Waals surface area contributed by atoms with Crippen molar-refractivity contribution in [3.63, 3.8) is 0 Å². The van der Waals surface area contributed by atoms with Gasteiger partial charge in [-0.15, -0.1) is 0 Å². The molecule has 0 bridgehead atoms. The van der Waals surface area contributed by atoms with E-state index in [9.17, 15) is 9.59 Å². The molecule has 0 spiro atoms. The fraction of sp³-hybridized carbons (Fsp3) is 0.407. The summed E-state index contributed by atoms with van der Waals surface area (Å²) in [6.45, 7) is 8.11. The van der Waals surface area contributed by atoms with Gasteiger partial charge >= 0.3 is 12.0 Å². The monoisotopic (exact) mass is 466 g/mol. The third-order valence-corrected chi connectivity index (χ3v) is 5.53. The van der Waals surface area contributed by atoms with Crippen LogP contribution in [0.5, 0.6) is 11.5 Å². The molecule has 2 amide bonds. The number of amides is 2. The number of aryl methyl sites for hydroxylation is 1. The molecule has 1 unspecified atom stereocenters. The lowest BCUT2D eigenvalue weighted by molar-refractivity contribution is -0.143. The minimum Gasteiger partial charge on any atom is -0.493 e. The molecule has 0 radical (unpaired) electrons. The molecule has 34 heavy (non-hydrogen) atoms. The number of benzene rings is 2. The zero-order valence-corrected chi connectivity index (χ0v) is 20.6. The van der Waals surface area contributed by atoms with Gasteiger partial charge in [-0.3, -0.25) is 0 Å². The van der Waals surface area contributed by atoms with Gasteiger partial charge in [0.1, 0.15) is 6.61 Å². The second-order valence-corrected chi connectivity index (χ2v) is 8.67. The Balaban J connectivity index is 1.92. The highest BCUT2D eigenvalue weighted by Gasteiger charge is 2.34. The number of esters is 1. The summed E-state index contributed by atoms with van der Waals surface area (Å²) in [6.07, 6.45) is 2.08. The fourth-order valence-corrected chi connectivity index (χ4v) is 3.77. The minimum atomic E-state index is -0.660. The summed E-state index contributed by atoms with van der Waals surface area (Å²) < 4.78 is 17.1. The van der Waals surface area contributed by atoms with Crippen molar-refractivity contribution in [1.29, 1.82) is 0 Å². The van der Waals surface area contributed by atoms with Crippen LogP contribution in [0.4, 0.5) is 4.79 Å². The second-order valence-electron chi connectivity index (χ2n) is 8.67. The summed E-state index contributed by atoms with van der Waals surface area (Å²) in [4.78, 5) is 25.5. The standard InChI is InChI=1S/C27H34N2O5/c1-6-7-8-21-24(26(30)34-17(2)3)25(29-27(31)28-21)20-13-14-22(23(15-20)32-5)33-16-19-11-9-18(4)10-12-19/h9-15,17,25H,6-8,16H2,1-5H3,(H2,28,29,31). The van der Waals surface area contributed by atoms with Gasteiger partial charge in [-0.2, -0.15) is 0 Å². The van der Waals surface area contributed by atoms with Crippen molar-refractivity contribution in [2.45, 2.75) is 65.7 Å². The van der Waals surface area contributed by atoms with E-state index in [0.29, 0.717) is 41.4 Å². The molecule has 7 nitrogen and oxygen atoms in total. The van der Waals surface area contributed by atoms with Gasteiger partial charge in [-0.05, 0) is 56.9 Å². The molecular formula is C27H34N2O5. The smallest absolute Gasteiger partial charge is 0.338 e. The van der Waals surface area contributed by atoms with Crippen molar-refractivity contribution < 1.29 is 23.8 Å². The van der Waals surface area contributed by atoms with Gasteiger partial charge in [0.25, 0.3) is 0 Å². The third kappa shape index (κ3) is 6.31. The molecule has 0 saturated carbocycles. The van der Waals surface area contributed by atoms with E-state index in [1.54, 1.807) is 33.1 Å². The van der Waals surface area contributed by atoms with E-state index in [0.717, 1.165) is 18.4 Å². The Morgan fingerprint density at radius 3 is 2.47 bits per heavy atom. The first-order valence-electron chi connectivity index (χ1n) is 11.7. The lowest BCUT2D eigenvalue weighted by atomic mass is 9.93. The van der Waals surface area contributed by atoms with Crippen LogP contribution < -0.4 is 20.1 Å². The molecule has 2 aromatic rings. The number of rotatable bonds is 10. The maximum atomic E-state index is 13.0. The molecule has 2 N–H and O–H groups in total. The minimum absolute atomic E-state index is 0.280. The van der Waals surface area contributed by atoms with Crippen molar-refractivity contribution in [3.05, 3.63) is 70.4 Å². The largest absolute Gasteiger partial charge is 0.493 e. The van der Waals surface area contributed by atoms with Gasteiger partial charge in [-0.25, -0.2) is 9.59 Å². The Kier molecular flexibility index (Phi) is 8.57. The van der Waals surface area contributed by atoms with Gasteiger partial charge in [0.15, 0.2) is 11.5 Å². The van der Waals surface area contributed by atoms with Crippen LogP contribution >= 0.6 is 0 Å². The third-order valence-electron chi connectivity index (χ3n) is 5.53. The quantitative estimate of drug-likeness (QED) is 0.462. The van der Waals surface area contributed by atoms with Crippen LogP contribution in [0.15, 0.2) is 53.7 Å². The maximum Gasteiger partial charge on any atom is 0.338 e. The Hall–Kier alpha value is -3.48. The summed E-state index contributed by atoms with van der Waals surface area (Å²) >= 11 is 0. The number of hydrogen-bond donors (Lipinski definition) is 2. The lowest BCUT2D eigenvalue weighted by Crippen LogP contribution is -2.46. The van der Waals surface area contributed by atoms with Gasteiger partial charge in [0, 0.05) is 5.70 Å². The zero-order chi connectivity index (χ0) is 24.7. The normalized spacial score (nSPS) is 15.6. The van der Waals surface area contributed by atoms with Crippen LogP contribution in [-0.4, -0.2) is 25.2 Å². The van der Waals surface area contributed by atoms with Gasteiger partial charge < -0.3 is 24.8 Å². The summed E-state index contributed by atoms with van der Waals surface area (Å²) in [7, 11) is 1.56. The number of urea groups is 1. The molecule has 1 aliphatic heterocycles. The van der Waals surface area contributed by atoms with Gasteiger partial charge in [-0.1, -0.05) is 49.2 Å². The molecule has 0 aromatic heterocycles. The average Bonchev–Trinajstić information content (AvgIpc) is 2.81. The first-order valence-corrected chi connectivity index (χ1v) is 11.7. The highest BCUT2D eigenvalue weighted by molar-refractivity contribution is 5.95. The predicted octanol–water partition coefficient (Wildman–Crippen LogP) is 5.33. The number of hydrogen-bond acceptors (Lipinski definition) is 5. The van der Waals surface area contributed by atoms with Crippen molar-refractivity contribution >= 4 is 12.0 Å². The average molecular weight is 467 g/mol. The van der Waals surface area contributed by atoms with E-state index in [2.05, 4.69) is 17.6 Å². The molecule has 1 atom stereocenters. The lowest BCUT2D eigenvalue weighted by Gasteiger charge is -2.30. The molecule has 182 valence electrons. The van der Waals surface area contributed by atoms with Crippen LogP contribution in [0.3, 0.4) is 0 Å². The molecule has 7 heteroatoms. The topological polar surface area (TPSA) is 85.9 Å². The molecular weight excluding hydrogens is 432 g/mol. The number of nitrogens with one attached hydrogen (secondary N) is 2. The maximum absolute atomic E-state index is 13.0. The summed E-state index contributed by atoms with van der Waals surface area (Å²) in [5.41, 5.74) is 3.95. The highest BCUT2D eigenvalue weighted by Crippen LogP contribution is 2.36. The molecule has 1 heterocycles. The van der Waals surface area contributed by atoms with E-state index in [-0.39, 0.29) is 12.1 Å². The fourth-order valence-electron chi connectivity index (χ4n) is 3.77. The Morgan fingerprint density at radius 2 is 1.82 bits per heavy atom. The summed E-state index contributed by atoms with van der Waals surface area (Å²) in [6, 6.07) is 12.5. The van der Waals surface area contributed by atoms with Crippen molar-refractivity contribution in [3.8, 4) is 11.5 Å². The Morgan fingerprint density at radius 1 is 1.09 bits per heavy atom. The molecule has 0 fully saturated rings. The first kappa shape index (κ1) is 25.1. The Bertz CT molecular complexity index is 1040. The number of allylic oxidation sites excluding steroid dienone is 1. The number of ether oxygens (including phenoxy) is 3. The first-order chi connectivity index (χ1) is 16.3. The van der Waals surface area contributed by atoms with Crippen LogP contribution in [0.1, 0.15) is 62.8 Å². The van der Waals surface area contributed by atoms with Gasteiger partial charge in [0.05, 0.1) is 24.8 Å². The van der Waals surface area contributed by atoms with E-state index >= 15 is 0 Å². The SMILES string of the molecule is CCCCC1=C(C(=O)OC(C)C)C(c2ccc(OCc3ccc(C)cc3)c(OC)c2)NC(=O)N1. The number of carbonyl (C=O) groups is 2. The van der Waals surface area contributed by atoms with Crippen molar-refractivity contribution in [2.75, 3.05) is 7.11 Å². The molecule has 1 aliphatic rings. The van der Waals surface area contributed by atoms with Crippen LogP contribution in [-0.2, 0) is 16.1 Å².